The molecule has 1 aliphatic rings. The van der Waals surface area contributed by atoms with E-state index in [-0.39, 0.29) is 23.8 Å². The van der Waals surface area contributed by atoms with Gasteiger partial charge in [0.2, 0.25) is 0 Å². The fraction of sp³-hybridized carbons (Fsp3) is 0.538. The average molecular weight is 250 g/mol. The molecule has 2 rings (SSSR count). The molecule has 1 aliphatic heterocycles. The maximum atomic E-state index is 12.4. The summed E-state index contributed by atoms with van der Waals surface area (Å²) >= 11 is 0. The van der Waals surface area contributed by atoms with Crippen molar-refractivity contribution in [1.82, 2.24) is 9.88 Å². The van der Waals surface area contributed by atoms with E-state index in [1.54, 1.807) is 11.0 Å². The number of carbonyl (C=O) groups is 1. The maximum Gasteiger partial charge on any atom is 0.258 e. The summed E-state index contributed by atoms with van der Waals surface area (Å²) in [6, 6.07) is 1.62. The number of amides is 1. The van der Waals surface area contributed by atoms with E-state index in [2.05, 4.69) is 4.98 Å². The van der Waals surface area contributed by atoms with Crippen LogP contribution in [0.4, 0.5) is 0 Å². The van der Waals surface area contributed by atoms with E-state index in [4.69, 9.17) is 4.74 Å². The van der Waals surface area contributed by atoms with Crippen LogP contribution in [-0.4, -0.2) is 46.2 Å². The molecule has 0 radical (unpaired) electrons. The van der Waals surface area contributed by atoms with Crippen molar-refractivity contribution in [1.29, 1.82) is 0 Å². The summed E-state index contributed by atoms with van der Waals surface area (Å²) in [4.78, 5) is 18.0. The lowest BCUT2D eigenvalue weighted by Gasteiger charge is -2.38. The van der Waals surface area contributed by atoms with E-state index in [0.717, 1.165) is 6.42 Å². The molecule has 1 N–H and O–H groups in total. The molecule has 2 atom stereocenters. The summed E-state index contributed by atoms with van der Waals surface area (Å²) in [5, 5.41) is 9.70. The standard InChI is InChI=1S/C13H18N2O3/c1-3-10-8-18-9(2)7-15(10)13(17)11-4-5-14-6-12(11)16/h4-6,9-10,16H,3,7-8H2,1-2H3. The third-order valence-corrected chi connectivity index (χ3v) is 3.23. The van der Waals surface area contributed by atoms with Crippen LogP contribution in [0, 0.1) is 0 Å². The molecule has 18 heavy (non-hydrogen) atoms. The summed E-state index contributed by atoms with van der Waals surface area (Å²) in [6.07, 6.45) is 3.67. The average Bonchev–Trinajstić information content (AvgIpc) is 2.38. The molecule has 0 saturated carbocycles. The van der Waals surface area contributed by atoms with Gasteiger partial charge in [-0.15, -0.1) is 0 Å². The molecule has 1 aromatic rings. The Morgan fingerprint density at radius 2 is 2.44 bits per heavy atom. The molecule has 2 unspecified atom stereocenters. The number of pyridine rings is 1. The van der Waals surface area contributed by atoms with E-state index in [1.165, 1.54) is 12.4 Å². The van der Waals surface area contributed by atoms with Crippen molar-refractivity contribution < 1.29 is 14.6 Å². The zero-order valence-corrected chi connectivity index (χ0v) is 10.7. The molecule has 1 saturated heterocycles. The molecule has 5 heteroatoms. The number of morpholine rings is 1. The molecule has 1 aromatic heterocycles. The number of nitrogens with zero attached hydrogens (tertiary/aromatic N) is 2. The van der Waals surface area contributed by atoms with Crippen molar-refractivity contribution in [2.45, 2.75) is 32.4 Å². The topological polar surface area (TPSA) is 62.7 Å². The number of aromatic hydroxyl groups is 1. The Balaban J connectivity index is 2.23. The quantitative estimate of drug-likeness (QED) is 0.862. The first-order chi connectivity index (χ1) is 8.63. The van der Waals surface area contributed by atoms with Crippen LogP contribution in [0.15, 0.2) is 18.5 Å². The summed E-state index contributed by atoms with van der Waals surface area (Å²) in [5.74, 6) is -0.228. The van der Waals surface area contributed by atoms with Gasteiger partial charge in [-0.05, 0) is 19.4 Å². The van der Waals surface area contributed by atoms with E-state index in [9.17, 15) is 9.90 Å². The van der Waals surface area contributed by atoms with Gasteiger partial charge in [0.25, 0.3) is 5.91 Å². The molecule has 0 aliphatic carbocycles. The van der Waals surface area contributed by atoms with Crippen molar-refractivity contribution in [2.24, 2.45) is 0 Å². The van der Waals surface area contributed by atoms with Crippen LogP contribution in [-0.2, 0) is 4.74 Å². The smallest absolute Gasteiger partial charge is 0.258 e. The minimum Gasteiger partial charge on any atom is -0.505 e. The second kappa shape index (κ2) is 5.35. The van der Waals surface area contributed by atoms with Crippen LogP contribution in [0.5, 0.6) is 5.75 Å². The van der Waals surface area contributed by atoms with Gasteiger partial charge < -0.3 is 14.7 Å². The SMILES string of the molecule is CCC1COC(C)CN1C(=O)c1ccncc1O. The molecule has 0 aromatic carbocycles. The fourth-order valence-corrected chi connectivity index (χ4v) is 2.15. The Morgan fingerprint density at radius 1 is 1.67 bits per heavy atom. The Kier molecular flexibility index (Phi) is 3.81. The van der Waals surface area contributed by atoms with Gasteiger partial charge in [-0.2, -0.15) is 0 Å². The first kappa shape index (κ1) is 12.8. The molecule has 2 heterocycles. The van der Waals surface area contributed by atoms with Gasteiger partial charge in [0.15, 0.2) is 0 Å². The third kappa shape index (κ3) is 2.46. The number of carbonyl (C=O) groups excluding carboxylic acids is 1. The van der Waals surface area contributed by atoms with Gasteiger partial charge in [-0.1, -0.05) is 6.92 Å². The largest absolute Gasteiger partial charge is 0.505 e. The summed E-state index contributed by atoms with van der Waals surface area (Å²) in [7, 11) is 0. The van der Waals surface area contributed by atoms with Gasteiger partial charge in [-0.25, -0.2) is 0 Å². The van der Waals surface area contributed by atoms with Crippen LogP contribution in [0.25, 0.3) is 0 Å². The normalized spacial score (nSPS) is 24.0. The van der Waals surface area contributed by atoms with Crippen molar-refractivity contribution in [2.75, 3.05) is 13.2 Å². The van der Waals surface area contributed by atoms with Crippen LogP contribution < -0.4 is 0 Å². The highest BCUT2D eigenvalue weighted by atomic mass is 16.5. The van der Waals surface area contributed by atoms with E-state index in [0.29, 0.717) is 18.7 Å². The molecule has 0 bridgehead atoms. The first-order valence-electron chi connectivity index (χ1n) is 6.19. The Morgan fingerprint density at radius 3 is 3.11 bits per heavy atom. The zero-order valence-electron chi connectivity index (χ0n) is 10.7. The first-order valence-corrected chi connectivity index (χ1v) is 6.19. The lowest BCUT2D eigenvalue weighted by atomic mass is 10.1. The van der Waals surface area contributed by atoms with Crippen molar-refractivity contribution in [3.05, 3.63) is 24.0 Å². The summed E-state index contributed by atoms with van der Waals surface area (Å²) in [6.45, 7) is 5.07. The van der Waals surface area contributed by atoms with Gasteiger partial charge in [0.1, 0.15) is 5.75 Å². The predicted molar refractivity (Wildman–Crippen MR) is 66.4 cm³/mol. The minimum absolute atomic E-state index is 0.0285. The van der Waals surface area contributed by atoms with E-state index in [1.807, 2.05) is 13.8 Å². The van der Waals surface area contributed by atoms with Crippen molar-refractivity contribution >= 4 is 5.91 Å². The third-order valence-electron chi connectivity index (χ3n) is 3.23. The van der Waals surface area contributed by atoms with Crippen LogP contribution >= 0.6 is 0 Å². The molecule has 5 nitrogen and oxygen atoms in total. The molecule has 1 amide bonds. The van der Waals surface area contributed by atoms with Crippen molar-refractivity contribution in [3.63, 3.8) is 0 Å². The minimum atomic E-state index is -0.156. The Labute approximate surface area is 106 Å². The molecular formula is C13H18N2O3. The number of aromatic nitrogens is 1. The summed E-state index contributed by atoms with van der Waals surface area (Å²) in [5.41, 5.74) is 0.303. The fourth-order valence-electron chi connectivity index (χ4n) is 2.15. The molecule has 1 fully saturated rings. The monoisotopic (exact) mass is 250 g/mol. The second-order valence-electron chi connectivity index (χ2n) is 4.56. The Bertz CT molecular complexity index is 436. The Hall–Kier alpha value is -1.62. The number of rotatable bonds is 2. The number of hydrogen-bond acceptors (Lipinski definition) is 4. The zero-order chi connectivity index (χ0) is 13.1. The molecule has 0 spiro atoms. The number of ether oxygens (including phenoxy) is 1. The van der Waals surface area contributed by atoms with Crippen LogP contribution in [0.1, 0.15) is 30.6 Å². The van der Waals surface area contributed by atoms with Gasteiger partial charge >= 0.3 is 0 Å². The van der Waals surface area contributed by atoms with E-state index < -0.39 is 0 Å². The highest BCUT2D eigenvalue weighted by molar-refractivity contribution is 5.96. The lowest BCUT2D eigenvalue weighted by molar-refractivity contribution is -0.0444. The molecule has 98 valence electrons. The molecular weight excluding hydrogens is 232 g/mol. The van der Waals surface area contributed by atoms with Crippen LogP contribution in [0.3, 0.4) is 0 Å². The predicted octanol–water partition coefficient (Wildman–Crippen LogP) is 1.43. The maximum absolute atomic E-state index is 12.4. The van der Waals surface area contributed by atoms with Gasteiger partial charge in [-0.3, -0.25) is 9.78 Å². The highest BCUT2D eigenvalue weighted by Crippen LogP contribution is 2.22. The lowest BCUT2D eigenvalue weighted by Crippen LogP contribution is -2.51. The highest BCUT2D eigenvalue weighted by Gasteiger charge is 2.30. The van der Waals surface area contributed by atoms with Gasteiger partial charge in [0, 0.05) is 12.7 Å². The number of hydrogen-bond donors (Lipinski definition) is 1. The summed E-state index contributed by atoms with van der Waals surface area (Å²) < 4.78 is 5.56. The van der Waals surface area contributed by atoms with Crippen LogP contribution in [0.2, 0.25) is 0 Å². The van der Waals surface area contributed by atoms with Gasteiger partial charge in [0.05, 0.1) is 30.5 Å². The van der Waals surface area contributed by atoms with E-state index >= 15 is 0 Å². The second-order valence-corrected chi connectivity index (χ2v) is 4.56. The van der Waals surface area contributed by atoms with Crippen molar-refractivity contribution in [3.8, 4) is 5.75 Å².